The van der Waals surface area contributed by atoms with E-state index in [1.165, 1.54) is 17.0 Å². The normalized spacial score (nSPS) is 13.4. The molecule has 2 aromatic carbocycles. The first-order valence-corrected chi connectivity index (χ1v) is 12.1. The van der Waals surface area contributed by atoms with Gasteiger partial charge in [-0.1, -0.05) is 30.3 Å². The number of carbonyl (C=O) groups excluding carboxylic acids is 2. The van der Waals surface area contributed by atoms with Crippen molar-refractivity contribution in [1.82, 2.24) is 20.4 Å². The molecule has 0 saturated heterocycles. The number of anilines is 1. The lowest BCUT2D eigenvalue weighted by molar-refractivity contribution is -0.139. The summed E-state index contributed by atoms with van der Waals surface area (Å²) in [5, 5.41) is 9.04. The first-order valence-electron chi connectivity index (χ1n) is 12.1. The molecule has 3 N–H and O–H groups in total. The number of amides is 3. The van der Waals surface area contributed by atoms with Gasteiger partial charge in [0.25, 0.3) is 0 Å². The maximum atomic E-state index is 13.5. The fourth-order valence-corrected chi connectivity index (χ4v) is 4.25. The molecule has 0 spiro atoms. The maximum absolute atomic E-state index is 13.5. The fourth-order valence-electron chi connectivity index (χ4n) is 4.25. The molecular weight excluding hydrogens is 471 g/mol. The highest BCUT2D eigenvalue weighted by atomic mass is 19.4. The van der Waals surface area contributed by atoms with E-state index in [-0.39, 0.29) is 43.2 Å². The van der Waals surface area contributed by atoms with Crippen molar-refractivity contribution < 1.29 is 22.8 Å². The number of hydrogen-bond acceptors (Lipinski definition) is 4. The summed E-state index contributed by atoms with van der Waals surface area (Å²) in [4.78, 5) is 28.7. The van der Waals surface area contributed by atoms with E-state index in [2.05, 4.69) is 16.0 Å². The highest BCUT2D eigenvalue weighted by molar-refractivity contribution is 5.81. The molecule has 0 bridgehead atoms. The zero-order valence-electron chi connectivity index (χ0n) is 20.9. The lowest BCUT2D eigenvalue weighted by atomic mass is 9.98. The van der Waals surface area contributed by atoms with Gasteiger partial charge in [-0.25, -0.2) is 4.79 Å². The van der Waals surface area contributed by atoms with Crippen molar-refractivity contribution in [3.63, 3.8) is 0 Å². The number of rotatable bonds is 9. The number of nitrogens with one attached hydrogen (secondary N) is 3. The Bertz CT molecular complexity index is 1060. The number of halogens is 3. The molecular formula is C26H34F3N5O2. The van der Waals surface area contributed by atoms with Crippen LogP contribution in [0.4, 0.5) is 23.7 Å². The number of alkyl halides is 3. The van der Waals surface area contributed by atoms with Crippen LogP contribution >= 0.6 is 0 Å². The smallest absolute Gasteiger partial charge is 0.376 e. The Kier molecular flexibility index (Phi) is 9.19. The molecule has 0 atom stereocenters. The van der Waals surface area contributed by atoms with Crippen LogP contribution in [0, 0.1) is 0 Å². The Balaban J connectivity index is 1.70. The van der Waals surface area contributed by atoms with E-state index in [1.54, 1.807) is 18.0 Å². The standard InChI is InChI=1S/C26H34F3N5O2/c1-18(2)32-25(36)34-13-11-21-19(16-34)8-6-10-23(21)31-15-24(35)33(14-12-30-3)17-20-7-4-5-9-22(20)26(27,28)29/h4-10,18,30-31H,11-17H2,1-3H3,(H,32,36). The SMILES string of the molecule is CNCCN(Cc1ccccc1C(F)(F)F)C(=O)CNc1cccc2c1CCN(C(=O)NC(C)C)C2. The highest BCUT2D eigenvalue weighted by Crippen LogP contribution is 2.32. The predicted molar refractivity (Wildman–Crippen MR) is 134 cm³/mol. The number of benzene rings is 2. The van der Waals surface area contributed by atoms with Gasteiger partial charge in [-0.2, -0.15) is 13.2 Å². The molecule has 0 fully saturated rings. The van der Waals surface area contributed by atoms with Crippen molar-refractivity contribution in [2.75, 3.05) is 38.5 Å². The van der Waals surface area contributed by atoms with Gasteiger partial charge < -0.3 is 25.8 Å². The first-order chi connectivity index (χ1) is 17.1. The Labute approximate surface area is 210 Å². The Morgan fingerprint density at radius 1 is 1.11 bits per heavy atom. The Morgan fingerprint density at radius 3 is 2.56 bits per heavy atom. The highest BCUT2D eigenvalue weighted by Gasteiger charge is 2.33. The van der Waals surface area contributed by atoms with E-state index in [1.807, 2.05) is 32.0 Å². The molecule has 0 unspecified atom stereocenters. The minimum atomic E-state index is -4.49. The minimum absolute atomic E-state index is 0.0480. The molecule has 2 aromatic rings. The van der Waals surface area contributed by atoms with Crippen LogP contribution in [0.3, 0.4) is 0 Å². The van der Waals surface area contributed by atoms with Crippen LogP contribution in [0.25, 0.3) is 0 Å². The Hall–Kier alpha value is -3.27. The molecule has 0 saturated carbocycles. The van der Waals surface area contributed by atoms with Gasteiger partial charge in [-0.15, -0.1) is 0 Å². The number of likely N-dealkylation sites (N-methyl/N-ethyl adjacent to an activating group) is 1. The van der Waals surface area contributed by atoms with Crippen LogP contribution in [0.2, 0.25) is 0 Å². The Morgan fingerprint density at radius 2 is 1.86 bits per heavy atom. The number of nitrogens with zero attached hydrogens (tertiary/aromatic N) is 2. The summed E-state index contributed by atoms with van der Waals surface area (Å²) in [6.07, 6.45) is -3.85. The number of fused-ring (bicyclic) bond motifs is 1. The second-order valence-corrected chi connectivity index (χ2v) is 9.15. The quantitative estimate of drug-likeness (QED) is 0.484. The number of hydrogen-bond donors (Lipinski definition) is 3. The van der Waals surface area contributed by atoms with E-state index in [9.17, 15) is 22.8 Å². The molecule has 7 nitrogen and oxygen atoms in total. The van der Waals surface area contributed by atoms with Crippen LogP contribution < -0.4 is 16.0 Å². The van der Waals surface area contributed by atoms with Gasteiger partial charge in [-0.05, 0) is 56.1 Å². The van der Waals surface area contributed by atoms with Gasteiger partial charge in [0, 0.05) is 44.5 Å². The fraction of sp³-hybridized carbons (Fsp3) is 0.462. The lowest BCUT2D eigenvalue weighted by Gasteiger charge is -2.31. The van der Waals surface area contributed by atoms with Gasteiger partial charge in [0.2, 0.25) is 5.91 Å². The molecule has 1 aliphatic rings. The average molecular weight is 506 g/mol. The molecule has 0 aromatic heterocycles. The zero-order chi connectivity index (χ0) is 26.3. The zero-order valence-corrected chi connectivity index (χ0v) is 20.9. The molecule has 10 heteroatoms. The van der Waals surface area contributed by atoms with E-state index in [0.29, 0.717) is 26.1 Å². The lowest BCUT2D eigenvalue weighted by Crippen LogP contribution is -2.45. The molecule has 3 amide bonds. The van der Waals surface area contributed by atoms with Gasteiger partial charge >= 0.3 is 12.2 Å². The van der Waals surface area contributed by atoms with Crippen LogP contribution in [-0.2, 0) is 30.5 Å². The van der Waals surface area contributed by atoms with Gasteiger partial charge in [0.15, 0.2) is 0 Å². The number of carbonyl (C=O) groups is 2. The summed E-state index contributed by atoms with van der Waals surface area (Å²) in [6.45, 7) is 5.40. The predicted octanol–water partition coefficient (Wildman–Crippen LogP) is 3.84. The summed E-state index contributed by atoms with van der Waals surface area (Å²) in [7, 11) is 1.73. The van der Waals surface area contributed by atoms with Crippen molar-refractivity contribution >= 4 is 17.6 Å². The van der Waals surface area contributed by atoms with E-state index in [4.69, 9.17) is 0 Å². The molecule has 0 aliphatic carbocycles. The summed E-state index contributed by atoms with van der Waals surface area (Å²) >= 11 is 0. The molecule has 1 aliphatic heterocycles. The maximum Gasteiger partial charge on any atom is 0.416 e. The topological polar surface area (TPSA) is 76.7 Å². The third-order valence-corrected chi connectivity index (χ3v) is 6.06. The molecule has 36 heavy (non-hydrogen) atoms. The van der Waals surface area contributed by atoms with Gasteiger partial charge in [0.05, 0.1) is 12.1 Å². The molecule has 0 radical (unpaired) electrons. The minimum Gasteiger partial charge on any atom is -0.376 e. The summed E-state index contributed by atoms with van der Waals surface area (Å²) in [5.41, 5.74) is 2.18. The van der Waals surface area contributed by atoms with Crippen LogP contribution in [0.1, 0.15) is 36.1 Å². The molecule has 3 rings (SSSR count). The summed E-state index contributed by atoms with van der Waals surface area (Å²) in [5.74, 6) is -0.298. The van der Waals surface area contributed by atoms with Crippen molar-refractivity contribution in [2.24, 2.45) is 0 Å². The van der Waals surface area contributed by atoms with E-state index in [0.717, 1.165) is 22.9 Å². The van der Waals surface area contributed by atoms with Crippen molar-refractivity contribution in [3.05, 3.63) is 64.7 Å². The molecule has 196 valence electrons. The van der Waals surface area contributed by atoms with Gasteiger partial charge in [-0.3, -0.25) is 4.79 Å². The van der Waals surface area contributed by atoms with Crippen molar-refractivity contribution in [2.45, 2.75) is 45.6 Å². The summed E-state index contributed by atoms with van der Waals surface area (Å²) in [6, 6.07) is 11.0. The third kappa shape index (κ3) is 7.13. The van der Waals surface area contributed by atoms with Crippen molar-refractivity contribution in [3.8, 4) is 0 Å². The number of urea groups is 1. The summed E-state index contributed by atoms with van der Waals surface area (Å²) < 4.78 is 40.4. The third-order valence-electron chi connectivity index (χ3n) is 6.06. The van der Waals surface area contributed by atoms with Crippen LogP contribution in [-0.4, -0.2) is 61.0 Å². The first kappa shape index (κ1) is 27.3. The monoisotopic (exact) mass is 505 g/mol. The van der Waals surface area contributed by atoms with Crippen LogP contribution in [0.5, 0.6) is 0 Å². The van der Waals surface area contributed by atoms with E-state index < -0.39 is 11.7 Å². The van der Waals surface area contributed by atoms with Crippen molar-refractivity contribution in [1.29, 1.82) is 0 Å². The average Bonchev–Trinajstić information content (AvgIpc) is 2.83. The van der Waals surface area contributed by atoms with E-state index >= 15 is 0 Å². The van der Waals surface area contributed by atoms with Crippen LogP contribution in [0.15, 0.2) is 42.5 Å². The van der Waals surface area contributed by atoms with Gasteiger partial charge in [0.1, 0.15) is 0 Å². The second-order valence-electron chi connectivity index (χ2n) is 9.15. The molecule has 1 heterocycles. The second kappa shape index (κ2) is 12.1. The largest absolute Gasteiger partial charge is 0.416 e.